The first-order valence-corrected chi connectivity index (χ1v) is 11.9. The third-order valence-corrected chi connectivity index (χ3v) is 7.50. The van der Waals surface area contributed by atoms with Crippen LogP contribution in [-0.4, -0.2) is 58.9 Å². The summed E-state index contributed by atoms with van der Waals surface area (Å²) < 4.78 is 8.25. The number of rotatable bonds is 4. The average Bonchev–Trinajstić information content (AvgIpc) is 3.41. The van der Waals surface area contributed by atoms with Crippen molar-refractivity contribution in [2.45, 2.75) is 20.8 Å². The predicted octanol–water partition coefficient (Wildman–Crippen LogP) is 4.38. The number of amides is 1. The van der Waals surface area contributed by atoms with E-state index in [1.165, 1.54) is 5.56 Å². The molecule has 1 aliphatic heterocycles. The number of carbonyl (C=O) groups is 1. The molecule has 1 aliphatic rings. The van der Waals surface area contributed by atoms with Crippen LogP contribution in [0.5, 0.6) is 5.75 Å². The summed E-state index contributed by atoms with van der Waals surface area (Å²) in [5.41, 5.74) is 5.90. The van der Waals surface area contributed by atoms with Gasteiger partial charge in [-0.3, -0.25) is 4.79 Å². The number of aromatic nitrogens is 3. The number of hydrogen-bond donors (Lipinski definition) is 0. The highest BCUT2D eigenvalue weighted by Crippen LogP contribution is 2.33. The number of aryl methyl sites for hydroxylation is 3. The van der Waals surface area contributed by atoms with E-state index < -0.39 is 0 Å². The molecule has 0 unspecified atom stereocenters. The van der Waals surface area contributed by atoms with Crippen LogP contribution < -0.4 is 9.64 Å². The van der Waals surface area contributed by atoms with E-state index in [4.69, 9.17) is 14.8 Å². The summed E-state index contributed by atoms with van der Waals surface area (Å²) in [5.74, 6) is 0.916. The molecule has 4 aromatic rings. The van der Waals surface area contributed by atoms with Crippen molar-refractivity contribution < 1.29 is 9.53 Å². The first kappa shape index (κ1) is 21.5. The number of thiazole rings is 1. The summed E-state index contributed by atoms with van der Waals surface area (Å²) in [4.78, 5) is 22.1. The molecule has 3 heterocycles. The highest BCUT2D eigenvalue weighted by molar-refractivity contribution is 7.22. The summed E-state index contributed by atoms with van der Waals surface area (Å²) >= 11 is 1.67. The number of fused-ring (bicyclic) bond motifs is 1. The van der Waals surface area contributed by atoms with Crippen LogP contribution in [-0.2, 0) is 0 Å². The largest absolute Gasteiger partial charge is 0.497 e. The fourth-order valence-corrected chi connectivity index (χ4v) is 5.16. The molecule has 33 heavy (non-hydrogen) atoms. The summed E-state index contributed by atoms with van der Waals surface area (Å²) in [5, 5.41) is 5.67. The maximum Gasteiger partial charge on any atom is 0.253 e. The second kappa shape index (κ2) is 8.51. The van der Waals surface area contributed by atoms with Gasteiger partial charge in [-0.1, -0.05) is 17.4 Å². The number of anilines is 1. The summed E-state index contributed by atoms with van der Waals surface area (Å²) in [7, 11) is 1.66. The van der Waals surface area contributed by atoms with E-state index in [0.717, 1.165) is 56.8 Å². The van der Waals surface area contributed by atoms with E-state index in [2.05, 4.69) is 11.8 Å². The van der Waals surface area contributed by atoms with Gasteiger partial charge in [-0.15, -0.1) is 0 Å². The van der Waals surface area contributed by atoms with Gasteiger partial charge in [-0.05, 0) is 68.3 Å². The monoisotopic (exact) mass is 461 g/mol. The third-order valence-electron chi connectivity index (χ3n) is 6.29. The smallest absolute Gasteiger partial charge is 0.253 e. The molecule has 1 saturated heterocycles. The van der Waals surface area contributed by atoms with Crippen LogP contribution in [0.3, 0.4) is 0 Å². The van der Waals surface area contributed by atoms with Crippen LogP contribution in [0.4, 0.5) is 5.13 Å². The molecule has 1 amide bonds. The van der Waals surface area contributed by atoms with Crippen LogP contribution in [0.2, 0.25) is 0 Å². The van der Waals surface area contributed by atoms with Crippen molar-refractivity contribution in [2.24, 2.45) is 0 Å². The first-order valence-electron chi connectivity index (χ1n) is 11.1. The van der Waals surface area contributed by atoms with Gasteiger partial charge in [0.15, 0.2) is 10.8 Å². The lowest BCUT2D eigenvalue weighted by Gasteiger charge is -2.34. The molecule has 0 spiro atoms. The number of hydrogen-bond acceptors (Lipinski definition) is 6. The molecular weight excluding hydrogens is 434 g/mol. The molecule has 5 rings (SSSR count). The van der Waals surface area contributed by atoms with Crippen molar-refractivity contribution >= 4 is 32.7 Å². The van der Waals surface area contributed by atoms with Crippen LogP contribution in [0.15, 0.2) is 42.5 Å². The van der Waals surface area contributed by atoms with E-state index in [1.807, 2.05) is 65.9 Å². The Morgan fingerprint density at radius 3 is 2.36 bits per heavy atom. The molecule has 0 atom stereocenters. The van der Waals surface area contributed by atoms with Crippen LogP contribution in [0.1, 0.15) is 27.2 Å². The van der Waals surface area contributed by atoms with Crippen molar-refractivity contribution in [3.05, 3.63) is 64.8 Å². The molecule has 0 saturated carbocycles. The Balaban J connectivity index is 1.33. The molecular formula is C25H27N5O2S. The standard InChI is InChI=1S/C25H27N5O2S/c1-16-5-6-19(15-17(16)2)24(31)28-11-13-29(14-12-28)25-26-23-22(33-25)18(3)27-30(23)20-7-9-21(32-4)10-8-20/h5-10,15H,11-14H2,1-4H3. The quantitative estimate of drug-likeness (QED) is 0.451. The Hall–Kier alpha value is -3.39. The van der Waals surface area contributed by atoms with E-state index in [9.17, 15) is 4.79 Å². The van der Waals surface area contributed by atoms with Crippen molar-refractivity contribution in [3.8, 4) is 11.4 Å². The van der Waals surface area contributed by atoms with Gasteiger partial charge in [0.1, 0.15) is 5.75 Å². The van der Waals surface area contributed by atoms with Crippen molar-refractivity contribution in [1.82, 2.24) is 19.7 Å². The van der Waals surface area contributed by atoms with Gasteiger partial charge in [0.2, 0.25) is 0 Å². The predicted molar refractivity (Wildman–Crippen MR) is 132 cm³/mol. The molecule has 8 heteroatoms. The van der Waals surface area contributed by atoms with Gasteiger partial charge >= 0.3 is 0 Å². The zero-order valence-electron chi connectivity index (χ0n) is 19.3. The Labute approximate surface area is 197 Å². The second-order valence-corrected chi connectivity index (χ2v) is 9.40. The molecule has 170 valence electrons. The van der Waals surface area contributed by atoms with E-state index in [1.54, 1.807) is 18.4 Å². The fourth-order valence-electron chi connectivity index (χ4n) is 4.12. The van der Waals surface area contributed by atoms with Gasteiger partial charge in [-0.25, -0.2) is 4.68 Å². The number of piperazine rings is 1. The van der Waals surface area contributed by atoms with Gasteiger partial charge in [0.25, 0.3) is 5.91 Å². The highest BCUT2D eigenvalue weighted by atomic mass is 32.1. The lowest BCUT2D eigenvalue weighted by Crippen LogP contribution is -2.48. The lowest BCUT2D eigenvalue weighted by molar-refractivity contribution is 0.0746. The number of methoxy groups -OCH3 is 1. The van der Waals surface area contributed by atoms with Crippen molar-refractivity contribution in [2.75, 3.05) is 38.2 Å². The minimum Gasteiger partial charge on any atom is -0.497 e. The maximum atomic E-state index is 13.0. The normalized spacial score (nSPS) is 14.2. The van der Waals surface area contributed by atoms with Crippen LogP contribution in [0, 0.1) is 20.8 Å². The molecule has 0 aliphatic carbocycles. The molecule has 2 aromatic carbocycles. The molecule has 0 radical (unpaired) electrons. The number of nitrogens with zero attached hydrogens (tertiary/aromatic N) is 5. The van der Waals surface area contributed by atoms with E-state index in [-0.39, 0.29) is 5.91 Å². The summed E-state index contributed by atoms with van der Waals surface area (Å²) in [6.45, 7) is 9.03. The Kier molecular flexibility index (Phi) is 5.54. The number of benzene rings is 2. The van der Waals surface area contributed by atoms with E-state index in [0.29, 0.717) is 13.1 Å². The maximum absolute atomic E-state index is 13.0. The lowest BCUT2D eigenvalue weighted by atomic mass is 10.1. The Morgan fingerprint density at radius 1 is 0.970 bits per heavy atom. The van der Waals surface area contributed by atoms with Crippen LogP contribution in [0.25, 0.3) is 16.0 Å². The summed E-state index contributed by atoms with van der Waals surface area (Å²) in [6.07, 6.45) is 0. The highest BCUT2D eigenvalue weighted by Gasteiger charge is 2.25. The van der Waals surface area contributed by atoms with Gasteiger partial charge < -0.3 is 14.5 Å². The number of carbonyl (C=O) groups excluding carboxylic acids is 1. The Morgan fingerprint density at radius 2 is 1.70 bits per heavy atom. The average molecular weight is 462 g/mol. The summed E-state index contributed by atoms with van der Waals surface area (Å²) in [6, 6.07) is 13.8. The zero-order valence-corrected chi connectivity index (χ0v) is 20.1. The number of ether oxygens (including phenoxy) is 1. The molecule has 2 aromatic heterocycles. The Bertz CT molecular complexity index is 1320. The minimum absolute atomic E-state index is 0.105. The van der Waals surface area contributed by atoms with Gasteiger partial charge in [0.05, 0.1) is 23.2 Å². The van der Waals surface area contributed by atoms with E-state index >= 15 is 0 Å². The molecule has 0 bridgehead atoms. The SMILES string of the molecule is COc1ccc(-n2nc(C)c3sc(N4CCN(C(=O)c5ccc(C)c(C)c5)CC4)nc32)cc1. The van der Waals surface area contributed by atoms with Gasteiger partial charge in [0, 0.05) is 31.7 Å². The first-order chi connectivity index (χ1) is 15.9. The fraction of sp³-hybridized carbons (Fsp3) is 0.320. The van der Waals surface area contributed by atoms with Crippen molar-refractivity contribution in [1.29, 1.82) is 0 Å². The third kappa shape index (κ3) is 3.95. The molecule has 0 N–H and O–H groups in total. The topological polar surface area (TPSA) is 63.5 Å². The van der Waals surface area contributed by atoms with Crippen molar-refractivity contribution in [3.63, 3.8) is 0 Å². The molecule has 7 nitrogen and oxygen atoms in total. The molecule has 1 fully saturated rings. The second-order valence-electron chi connectivity index (χ2n) is 8.42. The minimum atomic E-state index is 0.105. The zero-order chi connectivity index (χ0) is 23.1. The van der Waals surface area contributed by atoms with Crippen LogP contribution >= 0.6 is 11.3 Å². The van der Waals surface area contributed by atoms with Gasteiger partial charge in [-0.2, -0.15) is 10.1 Å².